The molecule has 1 aromatic heterocycles. The number of carbonyl (C=O) groups excluding carboxylic acids is 1. The van der Waals surface area contributed by atoms with Gasteiger partial charge in [-0.15, -0.1) is 11.8 Å². The Kier molecular flexibility index (Phi) is 3.64. The van der Waals surface area contributed by atoms with Crippen molar-refractivity contribution in [3.05, 3.63) is 27.7 Å². The Morgan fingerprint density at radius 1 is 1.45 bits per heavy atom. The Morgan fingerprint density at radius 2 is 2.18 bits per heavy atom. The van der Waals surface area contributed by atoms with Crippen molar-refractivity contribution in [3.8, 4) is 5.75 Å². The molecule has 1 N–H and O–H groups in total. The molecule has 2 aliphatic heterocycles. The summed E-state index contributed by atoms with van der Waals surface area (Å²) in [6, 6.07) is 0.0893. The molecule has 22 heavy (non-hydrogen) atoms. The number of pyridine rings is 1. The van der Waals surface area contributed by atoms with E-state index in [-0.39, 0.29) is 34.3 Å². The van der Waals surface area contributed by atoms with Gasteiger partial charge in [0.15, 0.2) is 11.4 Å². The molecule has 1 aromatic rings. The van der Waals surface area contributed by atoms with E-state index in [1.165, 1.54) is 17.9 Å². The second-order valence-electron chi connectivity index (χ2n) is 5.39. The lowest BCUT2D eigenvalue weighted by molar-refractivity contribution is 0.0569. The first-order valence-electron chi connectivity index (χ1n) is 6.94. The SMILES string of the molecule is COc1c2n(cc(C(=O)O)c1=O)CC1SCC[C@@H](C)N1C2=O. The van der Waals surface area contributed by atoms with Crippen LogP contribution in [-0.4, -0.2) is 50.7 Å². The lowest BCUT2D eigenvalue weighted by Crippen LogP contribution is -2.54. The Hall–Kier alpha value is -1.96. The van der Waals surface area contributed by atoms with Crippen LogP contribution in [0, 0.1) is 0 Å². The van der Waals surface area contributed by atoms with Gasteiger partial charge in [0.2, 0.25) is 5.43 Å². The second-order valence-corrected chi connectivity index (χ2v) is 6.67. The summed E-state index contributed by atoms with van der Waals surface area (Å²) in [7, 11) is 1.27. The fourth-order valence-electron chi connectivity index (χ4n) is 2.98. The first-order chi connectivity index (χ1) is 10.5. The van der Waals surface area contributed by atoms with Crippen LogP contribution in [0.1, 0.15) is 34.2 Å². The zero-order valence-corrected chi connectivity index (χ0v) is 13.1. The molecular formula is C14H16N2O5S. The molecule has 0 aromatic carbocycles. The Morgan fingerprint density at radius 3 is 2.82 bits per heavy atom. The van der Waals surface area contributed by atoms with Gasteiger partial charge in [-0.05, 0) is 19.1 Å². The van der Waals surface area contributed by atoms with Crippen LogP contribution >= 0.6 is 11.8 Å². The van der Waals surface area contributed by atoms with Gasteiger partial charge in [0.1, 0.15) is 5.56 Å². The monoisotopic (exact) mass is 324 g/mol. The fourth-order valence-corrected chi connectivity index (χ4v) is 4.46. The van der Waals surface area contributed by atoms with Crippen molar-refractivity contribution in [2.45, 2.75) is 31.3 Å². The number of hydrogen-bond acceptors (Lipinski definition) is 5. The quantitative estimate of drug-likeness (QED) is 0.868. The number of rotatable bonds is 2. The van der Waals surface area contributed by atoms with Crippen LogP contribution in [0.4, 0.5) is 0 Å². The highest BCUT2D eigenvalue weighted by atomic mass is 32.2. The van der Waals surface area contributed by atoms with E-state index >= 15 is 0 Å². The van der Waals surface area contributed by atoms with Gasteiger partial charge in [0, 0.05) is 12.2 Å². The lowest BCUT2D eigenvalue weighted by atomic mass is 10.1. The normalized spacial score (nSPS) is 23.7. The summed E-state index contributed by atoms with van der Waals surface area (Å²) in [6.07, 6.45) is 2.14. The van der Waals surface area contributed by atoms with Crippen LogP contribution in [0.2, 0.25) is 0 Å². The number of thioether (sulfide) groups is 1. The minimum absolute atomic E-state index is 0.0439. The average Bonchev–Trinajstić information content (AvgIpc) is 2.47. The second kappa shape index (κ2) is 5.35. The van der Waals surface area contributed by atoms with E-state index in [2.05, 4.69) is 0 Å². The van der Waals surface area contributed by atoms with E-state index in [0.717, 1.165) is 12.2 Å². The highest BCUT2D eigenvalue weighted by Crippen LogP contribution is 2.35. The van der Waals surface area contributed by atoms with Crippen molar-refractivity contribution >= 4 is 23.6 Å². The van der Waals surface area contributed by atoms with Crippen LogP contribution in [0.3, 0.4) is 0 Å². The molecule has 2 aliphatic rings. The highest BCUT2D eigenvalue weighted by molar-refractivity contribution is 7.99. The van der Waals surface area contributed by atoms with Crippen LogP contribution in [0.5, 0.6) is 5.75 Å². The molecule has 1 saturated heterocycles. The van der Waals surface area contributed by atoms with Crippen molar-refractivity contribution in [2.75, 3.05) is 12.9 Å². The maximum absolute atomic E-state index is 12.8. The van der Waals surface area contributed by atoms with E-state index in [1.54, 1.807) is 16.7 Å². The van der Waals surface area contributed by atoms with Gasteiger partial charge in [-0.2, -0.15) is 0 Å². The zero-order valence-electron chi connectivity index (χ0n) is 12.2. The first kappa shape index (κ1) is 15.0. The van der Waals surface area contributed by atoms with Gasteiger partial charge in [-0.3, -0.25) is 9.59 Å². The number of carboxylic acid groups (broad SMARTS) is 1. The van der Waals surface area contributed by atoms with Crippen LogP contribution in [0.25, 0.3) is 0 Å². The number of nitrogens with zero attached hydrogens (tertiary/aromatic N) is 2. The van der Waals surface area contributed by atoms with Gasteiger partial charge in [0.05, 0.1) is 19.0 Å². The van der Waals surface area contributed by atoms with E-state index in [1.807, 2.05) is 6.92 Å². The third-order valence-corrected chi connectivity index (χ3v) is 5.33. The molecule has 3 heterocycles. The third kappa shape index (κ3) is 2.09. The molecule has 1 amide bonds. The number of aromatic carboxylic acids is 1. The smallest absolute Gasteiger partial charge is 0.341 e. The predicted octanol–water partition coefficient (Wildman–Crippen LogP) is 0.862. The topological polar surface area (TPSA) is 88.8 Å². The number of methoxy groups -OCH3 is 1. The maximum Gasteiger partial charge on any atom is 0.341 e. The number of amides is 1. The summed E-state index contributed by atoms with van der Waals surface area (Å²) < 4.78 is 6.61. The Bertz CT molecular complexity index is 714. The number of aromatic nitrogens is 1. The van der Waals surface area contributed by atoms with Gasteiger partial charge < -0.3 is 19.3 Å². The Balaban J connectivity index is 2.21. The molecule has 0 bridgehead atoms. The van der Waals surface area contributed by atoms with Crippen LogP contribution < -0.4 is 10.2 Å². The van der Waals surface area contributed by atoms with Crippen LogP contribution in [-0.2, 0) is 6.54 Å². The molecule has 0 saturated carbocycles. The molecule has 118 valence electrons. The third-order valence-electron chi connectivity index (χ3n) is 4.09. The number of carboxylic acids is 1. The molecular weight excluding hydrogens is 308 g/mol. The first-order valence-corrected chi connectivity index (χ1v) is 7.99. The average molecular weight is 324 g/mol. The van der Waals surface area contributed by atoms with Crippen molar-refractivity contribution in [3.63, 3.8) is 0 Å². The summed E-state index contributed by atoms with van der Waals surface area (Å²) in [5.41, 5.74) is -0.996. The van der Waals surface area contributed by atoms with Crippen molar-refractivity contribution in [1.82, 2.24) is 9.47 Å². The lowest BCUT2D eigenvalue weighted by Gasteiger charge is -2.44. The minimum atomic E-state index is -1.32. The summed E-state index contributed by atoms with van der Waals surface area (Å²) in [5.74, 6) is -0.834. The minimum Gasteiger partial charge on any atom is -0.491 e. The number of fused-ring (bicyclic) bond motifs is 2. The Labute approximate surface area is 130 Å². The van der Waals surface area contributed by atoms with E-state index in [0.29, 0.717) is 6.54 Å². The summed E-state index contributed by atoms with van der Waals surface area (Å²) in [5, 5.41) is 9.11. The molecule has 0 aliphatic carbocycles. The van der Waals surface area contributed by atoms with Crippen LogP contribution in [0.15, 0.2) is 11.0 Å². The van der Waals surface area contributed by atoms with Crippen molar-refractivity contribution in [2.24, 2.45) is 0 Å². The van der Waals surface area contributed by atoms with E-state index in [4.69, 9.17) is 9.84 Å². The fraction of sp³-hybridized carbons (Fsp3) is 0.500. The number of ether oxygens (including phenoxy) is 1. The summed E-state index contributed by atoms with van der Waals surface area (Å²) in [4.78, 5) is 38.0. The van der Waals surface area contributed by atoms with Gasteiger partial charge in [-0.1, -0.05) is 0 Å². The van der Waals surface area contributed by atoms with Crippen molar-refractivity contribution in [1.29, 1.82) is 0 Å². The molecule has 1 fully saturated rings. The van der Waals surface area contributed by atoms with E-state index < -0.39 is 11.4 Å². The van der Waals surface area contributed by atoms with Gasteiger partial charge >= 0.3 is 5.97 Å². The standard InChI is InChI=1S/C14H16N2O5S/c1-7-3-4-22-9-6-15-5-8(14(19)20)11(17)12(21-2)10(15)13(18)16(7)9/h5,7,9H,3-4,6H2,1-2H3,(H,19,20)/t7-,9?/m1/s1. The molecule has 0 radical (unpaired) electrons. The maximum atomic E-state index is 12.8. The molecule has 3 rings (SSSR count). The number of hydrogen-bond donors (Lipinski definition) is 1. The molecule has 1 unspecified atom stereocenters. The largest absolute Gasteiger partial charge is 0.491 e. The van der Waals surface area contributed by atoms with Gasteiger partial charge in [-0.25, -0.2) is 4.79 Å². The molecule has 7 nitrogen and oxygen atoms in total. The summed E-state index contributed by atoms with van der Waals surface area (Å²) in [6.45, 7) is 2.43. The van der Waals surface area contributed by atoms with E-state index in [9.17, 15) is 14.4 Å². The molecule has 8 heteroatoms. The summed E-state index contributed by atoms with van der Waals surface area (Å²) >= 11 is 1.67. The molecule has 2 atom stereocenters. The number of carbonyl (C=O) groups is 2. The predicted molar refractivity (Wildman–Crippen MR) is 80.7 cm³/mol. The highest BCUT2D eigenvalue weighted by Gasteiger charge is 2.40. The molecule has 0 spiro atoms. The van der Waals surface area contributed by atoms with Crippen molar-refractivity contribution < 1.29 is 19.4 Å². The zero-order chi connectivity index (χ0) is 16.0. The van der Waals surface area contributed by atoms with Gasteiger partial charge in [0.25, 0.3) is 5.91 Å².